The predicted molar refractivity (Wildman–Crippen MR) is 80.8 cm³/mol. The molecule has 6 nitrogen and oxygen atoms in total. The van der Waals surface area contributed by atoms with Gasteiger partial charge in [0.05, 0.1) is 11.2 Å². The van der Waals surface area contributed by atoms with E-state index in [0.717, 1.165) is 23.7 Å². The van der Waals surface area contributed by atoms with Crippen LogP contribution in [0.1, 0.15) is 30.1 Å². The van der Waals surface area contributed by atoms with Crippen LogP contribution in [0.25, 0.3) is 0 Å². The maximum absolute atomic E-state index is 12.6. The van der Waals surface area contributed by atoms with E-state index in [4.69, 9.17) is 0 Å². The number of imidazole rings is 1. The highest BCUT2D eigenvalue weighted by atomic mass is 32.2. The van der Waals surface area contributed by atoms with Crippen LogP contribution in [0.5, 0.6) is 0 Å². The summed E-state index contributed by atoms with van der Waals surface area (Å²) in [6.45, 7) is 3.01. The summed E-state index contributed by atoms with van der Waals surface area (Å²) in [6, 6.07) is 0. The minimum atomic E-state index is -3.41. The fraction of sp³-hybridized carbons (Fsp3) is 0.538. The second-order valence-electron chi connectivity index (χ2n) is 5.17. The van der Waals surface area contributed by atoms with Gasteiger partial charge in [0, 0.05) is 38.4 Å². The Balaban J connectivity index is 1.80. The first-order valence-corrected chi connectivity index (χ1v) is 9.20. The number of nitrogens with zero attached hydrogens (tertiary/aromatic N) is 4. The Kier molecular flexibility index (Phi) is 3.85. The van der Waals surface area contributed by atoms with E-state index < -0.39 is 10.0 Å². The molecular formula is C13H18N4O2S2. The molecule has 3 rings (SSSR count). The average molecular weight is 326 g/mol. The van der Waals surface area contributed by atoms with Crippen molar-refractivity contribution in [2.45, 2.75) is 29.9 Å². The van der Waals surface area contributed by atoms with Crippen LogP contribution in [0, 0.1) is 0 Å². The van der Waals surface area contributed by atoms with Gasteiger partial charge in [-0.05, 0) is 12.8 Å². The maximum atomic E-state index is 12.6. The summed E-state index contributed by atoms with van der Waals surface area (Å²) in [4.78, 5) is 8.49. The van der Waals surface area contributed by atoms with Gasteiger partial charge in [0.1, 0.15) is 5.82 Å². The number of hydrogen-bond donors (Lipinski definition) is 0. The van der Waals surface area contributed by atoms with Gasteiger partial charge in [0.25, 0.3) is 10.0 Å². The molecule has 1 saturated heterocycles. The third kappa shape index (κ3) is 2.63. The number of aryl methyl sites for hydroxylation is 2. The first-order chi connectivity index (χ1) is 10.0. The van der Waals surface area contributed by atoms with Crippen molar-refractivity contribution in [2.75, 3.05) is 13.1 Å². The highest BCUT2D eigenvalue weighted by Crippen LogP contribution is 2.31. The van der Waals surface area contributed by atoms with Gasteiger partial charge in [0.15, 0.2) is 4.21 Å². The highest BCUT2D eigenvalue weighted by molar-refractivity contribution is 7.91. The molecule has 0 N–H and O–H groups in total. The molecular weight excluding hydrogens is 308 g/mol. The van der Waals surface area contributed by atoms with Crippen LogP contribution < -0.4 is 0 Å². The van der Waals surface area contributed by atoms with Crippen molar-refractivity contribution in [3.05, 3.63) is 29.4 Å². The molecule has 0 unspecified atom stereocenters. The normalized spacial score (nSPS) is 20.2. The molecule has 0 bridgehead atoms. The van der Waals surface area contributed by atoms with Gasteiger partial charge in [0.2, 0.25) is 0 Å². The smallest absolute Gasteiger partial charge is 0.254 e. The van der Waals surface area contributed by atoms with E-state index >= 15 is 0 Å². The van der Waals surface area contributed by atoms with E-state index in [-0.39, 0.29) is 5.92 Å². The van der Waals surface area contributed by atoms with Crippen molar-refractivity contribution >= 4 is 21.4 Å². The van der Waals surface area contributed by atoms with E-state index in [1.165, 1.54) is 17.5 Å². The lowest BCUT2D eigenvalue weighted by atomic mass is 10.1. The van der Waals surface area contributed by atoms with Crippen molar-refractivity contribution < 1.29 is 8.42 Å². The van der Waals surface area contributed by atoms with Crippen LogP contribution in [-0.2, 0) is 23.5 Å². The minimum absolute atomic E-state index is 0.165. The van der Waals surface area contributed by atoms with Gasteiger partial charge < -0.3 is 4.57 Å². The number of rotatable bonds is 4. The van der Waals surface area contributed by atoms with Crippen molar-refractivity contribution in [2.24, 2.45) is 7.05 Å². The summed E-state index contributed by atoms with van der Waals surface area (Å²) >= 11 is 1.27. The molecule has 1 atom stereocenters. The number of hydrogen-bond acceptors (Lipinski definition) is 5. The van der Waals surface area contributed by atoms with Crippen LogP contribution in [-0.4, -0.2) is 40.3 Å². The molecule has 0 radical (unpaired) electrons. The van der Waals surface area contributed by atoms with Crippen molar-refractivity contribution in [1.82, 2.24) is 18.8 Å². The first-order valence-electron chi connectivity index (χ1n) is 6.94. The Morgan fingerprint density at radius 1 is 1.43 bits per heavy atom. The summed E-state index contributed by atoms with van der Waals surface area (Å²) in [5, 5.41) is 0.855. The number of aromatic nitrogens is 3. The molecule has 114 valence electrons. The molecule has 0 spiro atoms. The van der Waals surface area contributed by atoms with Gasteiger partial charge in [-0.25, -0.2) is 18.4 Å². The molecule has 2 aromatic rings. The third-order valence-electron chi connectivity index (χ3n) is 3.80. The zero-order valence-corrected chi connectivity index (χ0v) is 13.7. The standard InChI is InChI=1S/C13H18N4O2S2/c1-3-11-15-8-12(20-11)21(18,19)17-6-4-10(9-17)13-14-5-7-16(13)2/h5,7-8,10H,3-4,6,9H2,1-2H3/t10-/m0/s1. The fourth-order valence-corrected chi connectivity index (χ4v) is 5.41. The SMILES string of the molecule is CCc1ncc(S(=O)(=O)N2CC[C@H](c3nccn3C)C2)s1. The van der Waals surface area contributed by atoms with Gasteiger partial charge in [-0.2, -0.15) is 4.31 Å². The molecule has 0 aliphatic carbocycles. The third-order valence-corrected chi connectivity index (χ3v) is 7.25. The fourth-order valence-electron chi connectivity index (χ4n) is 2.63. The lowest BCUT2D eigenvalue weighted by Gasteiger charge is -2.15. The molecule has 21 heavy (non-hydrogen) atoms. The van der Waals surface area contributed by atoms with Gasteiger partial charge in [-0.3, -0.25) is 0 Å². The average Bonchev–Trinajstić information content (AvgIpc) is 3.18. The predicted octanol–water partition coefficient (Wildman–Crippen LogP) is 1.62. The molecule has 2 aromatic heterocycles. The van der Waals surface area contributed by atoms with E-state index in [1.54, 1.807) is 10.5 Å². The highest BCUT2D eigenvalue weighted by Gasteiger charge is 2.35. The van der Waals surface area contributed by atoms with E-state index in [9.17, 15) is 8.42 Å². The summed E-state index contributed by atoms with van der Waals surface area (Å²) < 4.78 is 29.1. The van der Waals surface area contributed by atoms with E-state index in [2.05, 4.69) is 9.97 Å². The first kappa shape index (κ1) is 14.7. The molecule has 0 amide bonds. The second-order valence-corrected chi connectivity index (χ2v) is 8.45. The van der Waals surface area contributed by atoms with Gasteiger partial charge >= 0.3 is 0 Å². The molecule has 3 heterocycles. The molecule has 8 heteroatoms. The van der Waals surface area contributed by atoms with E-state index in [0.29, 0.717) is 17.3 Å². The van der Waals surface area contributed by atoms with Crippen LogP contribution in [0.2, 0.25) is 0 Å². The zero-order valence-electron chi connectivity index (χ0n) is 12.1. The topological polar surface area (TPSA) is 68.1 Å². The number of thiazole rings is 1. The Labute approximate surface area is 128 Å². The van der Waals surface area contributed by atoms with Crippen LogP contribution in [0.4, 0.5) is 0 Å². The maximum Gasteiger partial charge on any atom is 0.254 e. The quantitative estimate of drug-likeness (QED) is 0.856. The largest absolute Gasteiger partial charge is 0.338 e. The Morgan fingerprint density at radius 3 is 2.86 bits per heavy atom. The molecule has 0 aromatic carbocycles. The van der Waals surface area contributed by atoms with E-state index in [1.807, 2.05) is 24.7 Å². The Bertz CT molecular complexity index is 735. The summed E-state index contributed by atoms with van der Waals surface area (Å²) in [5.74, 6) is 1.12. The second kappa shape index (κ2) is 5.51. The summed E-state index contributed by atoms with van der Waals surface area (Å²) in [6.07, 6.45) is 6.69. The van der Waals surface area contributed by atoms with Crippen molar-refractivity contribution in [1.29, 1.82) is 0 Å². The van der Waals surface area contributed by atoms with Crippen molar-refractivity contribution in [3.8, 4) is 0 Å². The monoisotopic (exact) mass is 326 g/mol. The van der Waals surface area contributed by atoms with Crippen LogP contribution >= 0.6 is 11.3 Å². The Hall–Kier alpha value is -1.25. The molecule has 1 fully saturated rings. The van der Waals surface area contributed by atoms with Crippen LogP contribution in [0.15, 0.2) is 22.8 Å². The van der Waals surface area contributed by atoms with Gasteiger partial charge in [-0.15, -0.1) is 11.3 Å². The van der Waals surface area contributed by atoms with Gasteiger partial charge in [-0.1, -0.05) is 6.92 Å². The number of sulfonamides is 1. The summed E-state index contributed by atoms with van der Waals surface area (Å²) in [7, 11) is -1.47. The minimum Gasteiger partial charge on any atom is -0.338 e. The lowest BCUT2D eigenvalue weighted by molar-refractivity contribution is 0.471. The molecule has 1 aliphatic heterocycles. The summed E-state index contributed by atoms with van der Waals surface area (Å²) in [5.41, 5.74) is 0. The molecule has 1 aliphatic rings. The van der Waals surface area contributed by atoms with Crippen molar-refractivity contribution in [3.63, 3.8) is 0 Å². The van der Waals surface area contributed by atoms with Crippen LogP contribution in [0.3, 0.4) is 0 Å². The molecule has 0 saturated carbocycles. The lowest BCUT2D eigenvalue weighted by Crippen LogP contribution is -2.28. The zero-order chi connectivity index (χ0) is 15.0. The Morgan fingerprint density at radius 2 is 2.24 bits per heavy atom.